The fourth-order valence-electron chi connectivity index (χ4n) is 2.30. The number of amides is 2. The Morgan fingerprint density at radius 3 is 2.65 bits per heavy atom. The van der Waals surface area contributed by atoms with Gasteiger partial charge in [-0.1, -0.05) is 19.9 Å². The number of rotatable bonds is 5. The molecule has 1 aliphatic heterocycles. The van der Waals surface area contributed by atoms with Crippen LogP contribution in [-0.4, -0.2) is 36.4 Å². The van der Waals surface area contributed by atoms with E-state index in [9.17, 15) is 9.59 Å². The summed E-state index contributed by atoms with van der Waals surface area (Å²) in [5, 5.41) is 2.74. The third-order valence-electron chi connectivity index (χ3n) is 3.15. The van der Waals surface area contributed by atoms with Crippen LogP contribution < -0.4 is 10.1 Å². The Labute approximate surface area is 118 Å². The van der Waals surface area contributed by atoms with Crippen molar-refractivity contribution in [2.24, 2.45) is 0 Å². The van der Waals surface area contributed by atoms with Gasteiger partial charge in [0.1, 0.15) is 5.75 Å². The van der Waals surface area contributed by atoms with Gasteiger partial charge >= 0.3 is 0 Å². The Hall–Kier alpha value is -2.04. The van der Waals surface area contributed by atoms with E-state index in [1.807, 2.05) is 18.7 Å². The molecule has 0 radical (unpaired) electrons. The second kappa shape index (κ2) is 6.41. The Balaban J connectivity index is 2.31. The maximum Gasteiger partial charge on any atom is 0.262 e. The second-order valence-electron chi connectivity index (χ2n) is 4.81. The molecule has 5 nitrogen and oxygen atoms in total. The molecule has 20 heavy (non-hydrogen) atoms. The largest absolute Gasteiger partial charge is 0.482 e. The van der Waals surface area contributed by atoms with Crippen molar-refractivity contribution < 1.29 is 14.3 Å². The lowest BCUT2D eigenvalue weighted by Gasteiger charge is -2.25. The number of benzene rings is 1. The molecule has 0 aliphatic carbocycles. The average molecular weight is 276 g/mol. The number of ether oxygens (including phenoxy) is 1. The van der Waals surface area contributed by atoms with Crippen LogP contribution >= 0.6 is 0 Å². The molecule has 0 bridgehead atoms. The van der Waals surface area contributed by atoms with Gasteiger partial charge in [-0.05, 0) is 25.0 Å². The summed E-state index contributed by atoms with van der Waals surface area (Å²) in [6, 6.07) is 5.27. The van der Waals surface area contributed by atoms with Crippen LogP contribution in [0.15, 0.2) is 18.2 Å². The van der Waals surface area contributed by atoms with E-state index in [1.165, 1.54) is 0 Å². The van der Waals surface area contributed by atoms with Crippen LogP contribution in [0.25, 0.3) is 0 Å². The lowest BCUT2D eigenvalue weighted by molar-refractivity contribution is -0.118. The van der Waals surface area contributed by atoms with Crippen molar-refractivity contribution in [1.82, 2.24) is 4.90 Å². The van der Waals surface area contributed by atoms with E-state index in [1.54, 1.807) is 18.2 Å². The lowest BCUT2D eigenvalue weighted by Crippen LogP contribution is -2.34. The minimum absolute atomic E-state index is 0.00171. The predicted octanol–water partition coefficient (Wildman–Crippen LogP) is 2.28. The molecule has 108 valence electrons. The summed E-state index contributed by atoms with van der Waals surface area (Å²) in [6.45, 7) is 5.51. The standard InChI is InChI=1S/C15H20N2O3/c1-3-8-17(9-4-2)15(19)11-6-5-7-12-14(11)16-13(18)10-20-12/h5-7H,3-4,8-10H2,1-2H3,(H,16,18). The van der Waals surface area contributed by atoms with Gasteiger partial charge in [-0.2, -0.15) is 0 Å². The number of hydrogen-bond acceptors (Lipinski definition) is 3. The predicted molar refractivity (Wildman–Crippen MR) is 77.1 cm³/mol. The monoisotopic (exact) mass is 276 g/mol. The molecule has 1 aromatic carbocycles. The zero-order valence-corrected chi connectivity index (χ0v) is 11.9. The highest BCUT2D eigenvalue weighted by molar-refractivity contribution is 6.06. The molecule has 0 fully saturated rings. The molecule has 0 aromatic heterocycles. The smallest absolute Gasteiger partial charge is 0.262 e. The number of hydrogen-bond donors (Lipinski definition) is 1. The van der Waals surface area contributed by atoms with Gasteiger partial charge < -0.3 is 15.0 Å². The SMILES string of the molecule is CCCN(CCC)C(=O)c1cccc2c1NC(=O)CO2. The lowest BCUT2D eigenvalue weighted by atomic mass is 10.1. The molecule has 1 aliphatic rings. The van der Waals surface area contributed by atoms with E-state index >= 15 is 0 Å². The van der Waals surface area contributed by atoms with Crippen molar-refractivity contribution in [3.8, 4) is 5.75 Å². The van der Waals surface area contributed by atoms with Gasteiger partial charge in [0.15, 0.2) is 6.61 Å². The van der Waals surface area contributed by atoms with E-state index in [0.717, 1.165) is 12.8 Å². The average Bonchev–Trinajstić information content (AvgIpc) is 2.45. The molecule has 0 atom stereocenters. The highest BCUT2D eigenvalue weighted by atomic mass is 16.5. The Morgan fingerprint density at radius 2 is 2.00 bits per heavy atom. The first kappa shape index (κ1) is 14.4. The molecule has 0 spiro atoms. The van der Waals surface area contributed by atoms with E-state index in [2.05, 4.69) is 5.32 Å². The maximum atomic E-state index is 12.6. The fourth-order valence-corrected chi connectivity index (χ4v) is 2.30. The van der Waals surface area contributed by atoms with E-state index < -0.39 is 0 Å². The van der Waals surface area contributed by atoms with Crippen molar-refractivity contribution in [3.05, 3.63) is 23.8 Å². The summed E-state index contributed by atoms with van der Waals surface area (Å²) < 4.78 is 5.34. The molecule has 0 saturated carbocycles. The van der Waals surface area contributed by atoms with Gasteiger partial charge in [0.25, 0.3) is 11.8 Å². The maximum absolute atomic E-state index is 12.6. The molecular formula is C15H20N2O3. The number of fused-ring (bicyclic) bond motifs is 1. The molecule has 2 amide bonds. The molecule has 0 saturated heterocycles. The number of carbonyl (C=O) groups excluding carboxylic acids is 2. The molecule has 0 unspecified atom stereocenters. The third kappa shape index (κ3) is 2.92. The van der Waals surface area contributed by atoms with Crippen molar-refractivity contribution in [3.63, 3.8) is 0 Å². The molecular weight excluding hydrogens is 256 g/mol. The molecule has 1 aromatic rings. The molecule has 1 heterocycles. The first-order valence-corrected chi connectivity index (χ1v) is 7.02. The van der Waals surface area contributed by atoms with Crippen LogP contribution in [0.3, 0.4) is 0 Å². The van der Waals surface area contributed by atoms with Crippen LogP contribution in [0.5, 0.6) is 5.75 Å². The normalized spacial score (nSPS) is 13.2. The van der Waals surface area contributed by atoms with Crippen molar-refractivity contribution in [1.29, 1.82) is 0 Å². The van der Waals surface area contributed by atoms with Gasteiger partial charge in [-0.3, -0.25) is 9.59 Å². The Kier molecular flexibility index (Phi) is 4.61. The number of carbonyl (C=O) groups is 2. The third-order valence-corrected chi connectivity index (χ3v) is 3.15. The zero-order valence-electron chi connectivity index (χ0n) is 11.9. The summed E-state index contributed by atoms with van der Waals surface area (Å²) in [5.41, 5.74) is 0.989. The fraction of sp³-hybridized carbons (Fsp3) is 0.467. The summed E-state index contributed by atoms with van der Waals surface area (Å²) in [6.07, 6.45) is 1.81. The topological polar surface area (TPSA) is 58.6 Å². The van der Waals surface area contributed by atoms with Gasteiger partial charge in [0.05, 0.1) is 11.3 Å². The van der Waals surface area contributed by atoms with Crippen molar-refractivity contribution >= 4 is 17.5 Å². The van der Waals surface area contributed by atoms with Crippen LogP contribution in [-0.2, 0) is 4.79 Å². The second-order valence-corrected chi connectivity index (χ2v) is 4.81. The van der Waals surface area contributed by atoms with Gasteiger partial charge in [-0.15, -0.1) is 0 Å². The zero-order chi connectivity index (χ0) is 14.5. The number of nitrogens with zero attached hydrogens (tertiary/aromatic N) is 1. The summed E-state index contributed by atoms with van der Waals surface area (Å²) >= 11 is 0. The number of nitrogens with one attached hydrogen (secondary N) is 1. The van der Waals surface area contributed by atoms with Gasteiger partial charge in [0.2, 0.25) is 0 Å². The molecule has 5 heteroatoms. The quantitative estimate of drug-likeness (QED) is 0.897. The first-order chi connectivity index (χ1) is 9.67. The Morgan fingerprint density at radius 1 is 1.30 bits per heavy atom. The van der Waals surface area contributed by atoms with E-state index in [0.29, 0.717) is 30.1 Å². The van der Waals surface area contributed by atoms with Crippen molar-refractivity contribution in [2.45, 2.75) is 26.7 Å². The summed E-state index contributed by atoms with van der Waals surface area (Å²) in [4.78, 5) is 25.9. The van der Waals surface area contributed by atoms with Gasteiger partial charge in [-0.25, -0.2) is 0 Å². The van der Waals surface area contributed by atoms with E-state index in [4.69, 9.17) is 4.74 Å². The number of para-hydroxylation sites is 1. The number of anilines is 1. The summed E-state index contributed by atoms with van der Waals surface area (Å²) in [5.74, 6) is 0.273. The summed E-state index contributed by atoms with van der Waals surface area (Å²) in [7, 11) is 0. The van der Waals surface area contributed by atoms with Gasteiger partial charge in [0, 0.05) is 13.1 Å². The van der Waals surface area contributed by atoms with Crippen LogP contribution in [0.2, 0.25) is 0 Å². The minimum Gasteiger partial charge on any atom is -0.482 e. The highest BCUT2D eigenvalue weighted by Gasteiger charge is 2.24. The molecule has 1 N–H and O–H groups in total. The van der Waals surface area contributed by atoms with Crippen LogP contribution in [0, 0.1) is 0 Å². The van der Waals surface area contributed by atoms with Crippen LogP contribution in [0.1, 0.15) is 37.0 Å². The van der Waals surface area contributed by atoms with Crippen LogP contribution in [0.4, 0.5) is 5.69 Å². The first-order valence-electron chi connectivity index (χ1n) is 7.02. The minimum atomic E-state index is -0.227. The molecule has 2 rings (SSSR count). The Bertz CT molecular complexity index is 508. The van der Waals surface area contributed by atoms with Crippen molar-refractivity contribution in [2.75, 3.05) is 25.0 Å². The highest BCUT2D eigenvalue weighted by Crippen LogP contribution is 2.31. The van der Waals surface area contributed by atoms with E-state index in [-0.39, 0.29) is 18.4 Å².